The second-order valence-electron chi connectivity index (χ2n) is 12.9. The first-order chi connectivity index (χ1) is 24.8. The molecule has 0 fully saturated rings. The van der Waals surface area contributed by atoms with E-state index in [1.54, 1.807) is 0 Å². The van der Waals surface area contributed by atoms with Crippen LogP contribution < -0.4 is 0 Å². The molecule has 2 nitrogen and oxygen atoms in total. The Morgan fingerprint density at radius 1 is 0.340 bits per heavy atom. The Balaban J connectivity index is 1.18. The highest BCUT2D eigenvalue weighted by atomic mass is 32.2. The van der Waals surface area contributed by atoms with Gasteiger partial charge in [-0.05, 0) is 62.7 Å². The van der Waals surface area contributed by atoms with E-state index in [-0.39, 0.29) is 5.41 Å². The lowest BCUT2D eigenvalue weighted by atomic mass is 9.67. The van der Waals surface area contributed by atoms with Crippen LogP contribution in [0.25, 0.3) is 56.2 Å². The van der Waals surface area contributed by atoms with Gasteiger partial charge < -0.3 is 0 Å². The van der Waals surface area contributed by atoms with Crippen LogP contribution in [-0.2, 0) is 5.41 Å². The molecule has 7 aromatic carbocycles. The minimum atomic E-state index is -0.385. The summed E-state index contributed by atoms with van der Waals surface area (Å²) in [4.78, 5) is 12.8. The van der Waals surface area contributed by atoms with E-state index in [0.29, 0.717) is 0 Å². The summed E-state index contributed by atoms with van der Waals surface area (Å²) in [7, 11) is 0. The molecule has 0 N–H and O–H groups in total. The number of rotatable bonds is 4. The van der Waals surface area contributed by atoms with Gasteiger partial charge in [0.15, 0.2) is 5.82 Å². The van der Waals surface area contributed by atoms with Crippen molar-refractivity contribution in [1.82, 2.24) is 9.97 Å². The van der Waals surface area contributed by atoms with E-state index < -0.39 is 0 Å². The van der Waals surface area contributed by atoms with E-state index in [1.807, 2.05) is 36.0 Å². The van der Waals surface area contributed by atoms with Crippen LogP contribution in [0.3, 0.4) is 0 Å². The maximum atomic E-state index is 5.19. The fourth-order valence-electron chi connectivity index (χ4n) is 8.05. The molecular formula is C47H30N2S. The van der Waals surface area contributed by atoms with Gasteiger partial charge in [0.1, 0.15) is 0 Å². The van der Waals surface area contributed by atoms with Crippen LogP contribution in [0.5, 0.6) is 0 Å². The summed E-state index contributed by atoms with van der Waals surface area (Å²) in [6, 6.07) is 65.4. The predicted octanol–water partition coefficient (Wildman–Crippen LogP) is 12.0. The molecule has 0 radical (unpaired) electrons. The average molecular weight is 655 g/mol. The van der Waals surface area contributed by atoms with E-state index in [9.17, 15) is 0 Å². The Hall–Kier alpha value is -6.03. The van der Waals surface area contributed by atoms with Gasteiger partial charge in [-0.3, -0.25) is 0 Å². The summed E-state index contributed by atoms with van der Waals surface area (Å²) in [5.74, 6) is 0.717. The monoisotopic (exact) mass is 654 g/mol. The number of hydrogen-bond acceptors (Lipinski definition) is 3. The fraction of sp³-hybridized carbons (Fsp3) is 0.0213. The van der Waals surface area contributed by atoms with Crippen LogP contribution in [0.4, 0.5) is 0 Å². The number of hydrogen-bond donors (Lipinski definition) is 0. The van der Waals surface area contributed by atoms with Gasteiger partial charge in [-0.2, -0.15) is 0 Å². The lowest BCUT2D eigenvalue weighted by Gasteiger charge is -2.39. The number of fused-ring (bicyclic) bond motifs is 9. The molecule has 50 heavy (non-hydrogen) atoms. The Kier molecular flexibility index (Phi) is 6.68. The van der Waals surface area contributed by atoms with Gasteiger partial charge >= 0.3 is 0 Å². The second-order valence-corrected chi connectivity index (χ2v) is 14.0. The van der Waals surface area contributed by atoms with E-state index in [1.165, 1.54) is 48.7 Å². The van der Waals surface area contributed by atoms with Gasteiger partial charge in [0.25, 0.3) is 0 Å². The summed E-state index contributed by atoms with van der Waals surface area (Å²) in [5, 5.41) is 0. The van der Waals surface area contributed by atoms with Crippen LogP contribution >= 0.6 is 11.8 Å². The van der Waals surface area contributed by atoms with Crippen molar-refractivity contribution < 1.29 is 0 Å². The number of aromatic nitrogens is 2. The molecule has 0 amide bonds. The molecule has 0 bridgehead atoms. The van der Waals surface area contributed by atoms with Gasteiger partial charge in [0, 0.05) is 26.5 Å². The third-order valence-corrected chi connectivity index (χ3v) is 11.3. The maximum Gasteiger partial charge on any atom is 0.160 e. The minimum absolute atomic E-state index is 0.385. The molecule has 1 aliphatic carbocycles. The Labute approximate surface area is 296 Å². The molecule has 2 aliphatic rings. The zero-order chi connectivity index (χ0) is 33.1. The lowest BCUT2D eigenvalue weighted by molar-refractivity contribution is 0.722. The molecule has 3 heteroatoms. The molecular weight excluding hydrogens is 625 g/mol. The molecule has 1 aliphatic heterocycles. The van der Waals surface area contributed by atoms with Crippen molar-refractivity contribution in [3.8, 4) is 56.2 Å². The van der Waals surface area contributed by atoms with Crippen molar-refractivity contribution in [2.75, 3.05) is 0 Å². The highest BCUT2D eigenvalue weighted by Gasteiger charge is 2.50. The highest BCUT2D eigenvalue weighted by molar-refractivity contribution is 7.99. The van der Waals surface area contributed by atoms with Crippen LogP contribution in [0.15, 0.2) is 192 Å². The minimum Gasteiger partial charge on any atom is -0.228 e. The van der Waals surface area contributed by atoms with Crippen LogP contribution in [0.2, 0.25) is 0 Å². The molecule has 8 aromatic rings. The first-order valence-corrected chi connectivity index (χ1v) is 17.8. The summed E-state index contributed by atoms with van der Waals surface area (Å²) < 4.78 is 0. The Morgan fingerprint density at radius 2 is 0.860 bits per heavy atom. The van der Waals surface area contributed by atoms with Crippen molar-refractivity contribution in [2.24, 2.45) is 0 Å². The van der Waals surface area contributed by atoms with E-state index in [0.717, 1.165) is 39.5 Å². The van der Waals surface area contributed by atoms with Gasteiger partial charge in [-0.15, -0.1) is 0 Å². The molecule has 0 unspecified atom stereocenters. The topological polar surface area (TPSA) is 25.8 Å². The molecule has 0 saturated heterocycles. The largest absolute Gasteiger partial charge is 0.228 e. The summed E-state index contributed by atoms with van der Waals surface area (Å²) >= 11 is 1.88. The summed E-state index contributed by atoms with van der Waals surface area (Å²) in [5.41, 5.74) is 14.9. The lowest BCUT2D eigenvalue weighted by Crippen LogP contribution is -2.31. The third kappa shape index (κ3) is 4.37. The number of nitrogens with zero attached hydrogens (tertiary/aromatic N) is 2. The first-order valence-electron chi connectivity index (χ1n) is 17.0. The number of benzene rings is 7. The Bertz CT molecular complexity index is 2470. The molecule has 0 saturated carbocycles. The SMILES string of the molecule is c1ccc(-c2cc(-c3ccccc3-c3ccc4c(c3)Sc3ccccc3C43c4ccccc4-c4ccccc43)nc(-c3ccccc3)n2)cc1. The van der Waals surface area contributed by atoms with E-state index in [4.69, 9.17) is 9.97 Å². The summed E-state index contributed by atoms with van der Waals surface area (Å²) in [6.45, 7) is 0. The van der Waals surface area contributed by atoms with Crippen molar-refractivity contribution in [1.29, 1.82) is 0 Å². The van der Waals surface area contributed by atoms with Gasteiger partial charge in [-0.25, -0.2) is 9.97 Å². The first kappa shape index (κ1) is 28.9. The second kappa shape index (κ2) is 11.5. The van der Waals surface area contributed by atoms with Crippen molar-refractivity contribution in [3.05, 3.63) is 204 Å². The van der Waals surface area contributed by atoms with E-state index >= 15 is 0 Å². The zero-order valence-electron chi connectivity index (χ0n) is 27.1. The average Bonchev–Trinajstić information content (AvgIpc) is 3.49. The van der Waals surface area contributed by atoms with Crippen LogP contribution in [0.1, 0.15) is 22.3 Å². The standard InChI is InChI=1S/C47H30N2S/c1-3-15-31(16-4-1)42-30-43(49-46(48-42)32-17-5-2-6-18-32)37-22-8-7-19-34(37)33-27-28-41-45(29-33)50-44-26-14-13-25-40(44)47(41)38-23-11-9-20-35(38)36-21-10-12-24-39(36)47/h1-30H. The van der Waals surface area contributed by atoms with Crippen LogP contribution in [-0.4, -0.2) is 9.97 Å². The zero-order valence-corrected chi connectivity index (χ0v) is 27.9. The predicted molar refractivity (Wildman–Crippen MR) is 205 cm³/mol. The van der Waals surface area contributed by atoms with Crippen molar-refractivity contribution >= 4 is 11.8 Å². The van der Waals surface area contributed by atoms with Crippen LogP contribution in [0, 0.1) is 0 Å². The van der Waals surface area contributed by atoms with Crippen molar-refractivity contribution in [3.63, 3.8) is 0 Å². The molecule has 0 atom stereocenters. The van der Waals surface area contributed by atoms with Gasteiger partial charge in [0.05, 0.1) is 16.8 Å². The highest BCUT2D eigenvalue weighted by Crippen LogP contribution is 2.62. The normalized spacial score (nSPS) is 13.3. The quantitative estimate of drug-likeness (QED) is 0.189. The molecule has 234 valence electrons. The fourth-order valence-corrected chi connectivity index (χ4v) is 9.28. The molecule has 1 aromatic heterocycles. The van der Waals surface area contributed by atoms with Gasteiger partial charge in [0.2, 0.25) is 0 Å². The van der Waals surface area contributed by atoms with Gasteiger partial charge in [-0.1, -0.05) is 176 Å². The maximum absolute atomic E-state index is 5.19. The van der Waals surface area contributed by atoms with Crippen molar-refractivity contribution in [2.45, 2.75) is 15.2 Å². The Morgan fingerprint density at radius 3 is 1.56 bits per heavy atom. The smallest absolute Gasteiger partial charge is 0.160 e. The summed E-state index contributed by atoms with van der Waals surface area (Å²) in [6.07, 6.45) is 0. The van der Waals surface area contributed by atoms with E-state index in [2.05, 4.69) is 158 Å². The molecule has 2 heterocycles. The molecule has 10 rings (SSSR count). The third-order valence-electron chi connectivity index (χ3n) is 10.2. The molecule has 1 spiro atoms.